The number of amides is 3. The van der Waals surface area contributed by atoms with Gasteiger partial charge in [0.2, 0.25) is 0 Å². The van der Waals surface area contributed by atoms with Crippen molar-refractivity contribution in [2.24, 2.45) is 11.3 Å². The Morgan fingerprint density at radius 3 is 2.61 bits per heavy atom. The Labute approximate surface area is 169 Å². The summed E-state index contributed by atoms with van der Waals surface area (Å²) in [5.41, 5.74) is 0.0121. The first-order valence-electron chi connectivity index (χ1n) is 9.87. The molecule has 1 aromatic rings. The first-order valence-corrected chi connectivity index (χ1v) is 10.8. The van der Waals surface area contributed by atoms with Gasteiger partial charge in [-0.1, -0.05) is 27.7 Å². The number of carbonyl (C=O) groups excluding carboxylic acids is 3. The summed E-state index contributed by atoms with van der Waals surface area (Å²) in [5, 5.41) is 5.68. The molecule has 1 aliphatic carbocycles. The molecule has 7 nitrogen and oxygen atoms in total. The average Bonchev–Trinajstić information content (AvgIpc) is 3.19. The molecule has 8 heteroatoms. The number of hydrogen-bond acceptors (Lipinski definition) is 6. The van der Waals surface area contributed by atoms with E-state index in [0.717, 1.165) is 29.2 Å². The van der Waals surface area contributed by atoms with Crippen LogP contribution in [0.15, 0.2) is 5.38 Å². The van der Waals surface area contributed by atoms with Crippen LogP contribution in [0.4, 0.5) is 4.79 Å². The van der Waals surface area contributed by atoms with Gasteiger partial charge in [-0.15, -0.1) is 11.3 Å². The van der Waals surface area contributed by atoms with Gasteiger partial charge in [0.15, 0.2) is 0 Å². The number of thiazole rings is 1. The van der Waals surface area contributed by atoms with Crippen molar-refractivity contribution in [3.8, 4) is 0 Å². The molecule has 1 spiro atoms. The topological polar surface area (TPSA) is 88.6 Å². The second-order valence-electron chi connectivity index (χ2n) is 8.79. The third kappa shape index (κ3) is 4.21. The zero-order valence-electron chi connectivity index (χ0n) is 17.0. The third-order valence-corrected chi connectivity index (χ3v) is 6.92. The van der Waals surface area contributed by atoms with Crippen LogP contribution in [0.3, 0.4) is 0 Å². The minimum atomic E-state index is -0.857. The van der Waals surface area contributed by atoms with Crippen LogP contribution in [0.25, 0.3) is 0 Å². The molecular weight excluding hydrogens is 378 g/mol. The van der Waals surface area contributed by atoms with E-state index in [1.807, 2.05) is 12.3 Å². The predicted molar refractivity (Wildman–Crippen MR) is 106 cm³/mol. The lowest BCUT2D eigenvalue weighted by atomic mass is 9.67. The van der Waals surface area contributed by atoms with Crippen LogP contribution in [0.5, 0.6) is 0 Å². The van der Waals surface area contributed by atoms with E-state index in [1.54, 1.807) is 0 Å². The molecule has 2 fully saturated rings. The van der Waals surface area contributed by atoms with Gasteiger partial charge in [-0.3, -0.25) is 14.5 Å². The first-order chi connectivity index (χ1) is 13.1. The summed E-state index contributed by atoms with van der Waals surface area (Å²) in [5.74, 6) is -0.383. The summed E-state index contributed by atoms with van der Waals surface area (Å²) in [4.78, 5) is 42.8. The van der Waals surface area contributed by atoms with E-state index < -0.39 is 17.5 Å². The number of carbonyl (C=O) groups is 3. The van der Waals surface area contributed by atoms with Crippen molar-refractivity contribution in [2.45, 2.75) is 71.9 Å². The lowest BCUT2D eigenvalue weighted by Crippen LogP contribution is -2.50. The van der Waals surface area contributed by atoms with Crippen molar-refractivity contribution in [1.29, 1.82) is 0 Å². The van der Waals surface area contributed by atoms with Crippen molar-refractivity contribution in [3.63, 3.8) is 0 Å². The predicted octanol–water partition coefficient (Wildman–Crippen LogP) is 3.28. The zero-order valence-corrected chi connectivity index (χ0v) is 17.9. The number of nitrogens with zero attached hydrogens (tertiary/aromatic N) is 2. The molecule has 0 atom stereocenters. The molecule has 1 N–H and O–H groups in total. The summed E-state index contributed by atoms with van der Waals surface area (Å²) >= 11 is 1.52. The van der Waals surface area contributed by atoms with E-state index in [9.17, 15) is 14.4 Å². The van der Waals surface area contributed by atoms with Crippen molar-refractivity contribution in [1.82, 2.24) is 15.2 Å². The maximum absolute atomic E-state index is 12.9. The van der Waals surface area contributed by atoms with E-state index >= 15 is 0 Å². The molecule has 2 aliphatic rings. The van der Waals surface area contributed by atoms with E-state index in [1.165, 1.54) is 11.3 Å². The highest BCUT2D eigenvalue weighted by Crippen LogP contribution is 2.43. The fraction of sp³-hybridized carbons (Fsp3) is 0.700. The van der Waals surface area contributed by atoms with Crippen LogP contribution in [0.2, 0.25) is 0 Å². The molecule has 3 amide bonds. The van der Waals surface area contributed by atoms with Gasteiger partial charge in [0.1, 0.15) is 18.7 Å². The number of imide groups is 1. The fourth-order valence-corrected chi connectivity index (χ4v) is 4.77. The summed E-state index contributed by atoms with van der Waals surface area (Å²) in [7, 11) is 0. The molecule has 28 heavy (non-hydrogen) atoms. The van der Waals surface area contributed by atoms with E-state index in [-0.39, 0.29) is 24.5 Å². The summed E-state index contributed by atoms with van der Waals surface area (Å²) in [6, 6.07) is -0.502. The van der Waals surface area contributed by atoms with Crippen molar-refractivity contribution < 1.29 is 19.1 Å². The molecule has 0 unspecified atom stereocenters. The Morgan fingerprint density at radius 1 is 1.36 bits per heavy atom. The van der Waals surface area contributed by atoms with Gasteiger partial charge in [0, 0.05) is 5.38 Å². The number of esters is 1. The van der Waals surface area contributed by atoms with Gasteiger partial charge in [0.25, 0.3) is 5.91 Å². The van der Waals surface area contributed by atoms with Crippen molar-refractivity contribution in [3.05, 3.63) is 16.1 Å². The highest BCUT2D eigenvalue weighted by Gasteiger charge is 2.53. The standard InChI is InChI=1S/C20H29N3O4S/c1-5-15-21-14(12-28-15)11-27-16(24)10-23-17(25)20(22-18(23)26)8-6-13(7-9-20)19(2,3)4/h12-13H,5-11H2,1-4H3,(H,22,26). The van der Waals surface area contributed by atoms with Gasteiger partial charge in [-0.2, -0.15) is 0 Å². The quantitative estimate of drug-likeness (QED) is 0.598. The number of ether oxygens (including phenoxy) is 1. The average molecular weight is 408 g/mol. The number of hydrogen-bond donors (Lipinski definition) is 1. The minimum Gasteiger partial charge on any atom is -0.458 e. The molecule has 3 rings (SSSR count). The molecule has 0 bridgehead atoms. The molecular formula is C20H29N3O4S. The van der Waals surface area contributed by atoms with Crippen LogP contribution >= 0.6 is 11.3 Å². The lowest BCUT2D eigenvalue weighted by Gasteiger charge is -2.40. The Hall–Kier alpha value is -1.96. The van der Waals surface area contributed by atoms with E-state index in [2.05, 4.69) is 31.1 Å². The smallest absolute Gasteiger partial charge is 0.326 e. The molecule has 1 saturated carbocycles. The number of aryl methyl sites for hydroxylation is 1. The van der Waals surface area contributed by atoms with Crippen LogP contribution < -0.4 is 5.32 Å². The van der Waals surface area contributed by atoms with Crippen molar-refractivity contribution in [2.75, 3.05) is 6.54 Å². The van der Waals surface area contributed by atoms with Crippen LogP contribution in [-0.2, 0) is 27.4 Å². The maximum atomic E-state index is 12.9. The highest BCUT2D eigenvalue weighted by atomic mass is 32.1. The Morgan fingerprint density at radius 2 is 2.04 bits per heavy atom. The van der Waals surface area contributed by atoms with Gasteiger partial charge in [-0.25, -0.2) is 9.78 Å². The van der Waals surface area contributed by atoms with Crippen LogP contribution in [0, 0.1) is 11.3 Å². The molecule has 154 valence electrons. The highest BCUT2D eigenvalue weighted by molar-refractivity contribution is 7.09. The molecule has 1 saturated heterocycles. The third-order valence-electron chi connectivity index (χ3n) is 5.88. The van der Waals surface area contributed by atoms with Crippen LogP contribution in [-0.4, -0.2) is 39.9 Å². The second-order valence-corrected chi connectivity index (χ2v) is 9.73. The van der Waals surface area contributed by atoms with Gasteiger partial charge in [-0.05, 0) is 43.4 Å². The fourth-order valence-electron chi connectivity index (χ4n) is 4.04. The zero-order chi connectivity index (χ0) is 20.5. The van der Waals surface area contributed by atoms with E-state index in [4.69, 9.17) is 4.74 Å². The molecule has 2 heterocycles. The van der Waals surface area contributed by atoms with E-state index in [0.29, 0.717) is 24.5 Å². The molecule has 0 aromatic carbocycles. The van der Waals surface area contributed by atoms with Crippen molar-refractivity contribution >= 4 is 29.2 Å². The second kappa shape index (κ2) is 7.81. The monoisotopic (exact) mass is 407 g/mol. The van der Waals surface area contributed by atoms with Crippen LogP contribution in [0.1, 0.15) is 64.1 Å². The first kappa shape index (κ1) is 20.8. The molecule has 0 radical (unpaired) electrons. The lowest BCUT2D eigenvalue weighted by molar-refractivity contribution is -0.149. The Bertz CT molecular complexity index is 760. The minimum absolute atomic E-state index is 0.0530. The Kier molecular flexibility index (Phi) is 5.79. The maximum Gasteiger partial charge on any atom is 0.326 e. The summed E-state index contributed by atoms with van der Waals surface area (Å²) < 4.78 is 5.21. The number of aromatic nitrogens is 1. The van der Waals surface area contributed by atoms with Gasteiger partial charge in [0.05, 0.1) is 10.7 Å². The molecule has 1 aliphatic heterocycles. The summed E-state index contributed by atoms with van der Waals surface area (Å²) in [6.07, 6.45) is 3.83. The summed E-state index contributed by atoms with van der Waals surface area (Å²) in [6.45, 7) is 8.32. The number of urea groups is 1. The number of rotatable bonds is 5. The van der Waals surface area contributed by atoms with Gasteiger partial charge < -0.3 is 10.1 Å². The molecule has 1 aromatic heterocycles. The SMILES string of the molecule is CCc1nc(COC(=O)CN2C(=O)NC3(CCC(C(C)(C)C)CC3)C2=O)cs1. The normalized spacial score (nSPS) is 25.3. The Balaban J connectivity index is 1.56. The largest absolute Gasteiger partial charge is 0.458 e. The van der Waals surface area contributed by atoms with Gasteiger partial charge >= 0.3 is 12.0 Å². The number of nitrogens with one attached hydrogen (secondary N) is 1.